The van der Waals surface area contributed by atoms with E-state index >= 15 is 0 Å². The van der Waals surface area contributed by atoms with E-state index in [9.17, 15) is 9.59 Å². The first kappa shape index (κ1) is 18.4. The van der Waals surface area contributed by atoms with Crippen LogP contribution in [0.3, 0.4) is 0 Å². The highest BCUT2D eigenvalue weighted by molar-refractivity contribution is 6.37. The number of rotatable bonds is 5. The Bertz CT molecular complexity index is 892. The molecular weight excluding hydrogens is 373 g/mol. The summed E-state index contributed by atoms with van der Waals surface area (Å²) in [6.45, 7) is 1.80. The highest BCUT2D eigenvalue weighted by atomic mass is 35.5. The van der Waals surface area contributed by atoms with Gasteiger partial charge in [0.15, 0.2) is 0 Å². The summed E-state index contributed by atoms with van der Waals surface area (Å²) in [6.07, 6.45) is 1.85. The second kappa shape index (κ2) is 7.89. The molecular formula is C19H17Cl2N3O2. The topological polar surface area (TPSA) is 70.6 Å². The number of halogens is 2. The van der Waals surface area contributed by atoms with Crippen molar-refractivity contribution in [1.82, 2.24) is 5.43 Å². The Morgan fingerprint density at radius 3 is 2.58 bits per heavy atom. The molecule has 0 heterocycles. The predicted molar refractivity (Wildman–Crippen MR) is 104 cm³/mol. The van der Waals surface area contributed by atoms with Crippen molar-refractivity contribution in [2.45, 2.75) is 19.8 Å². The standard InChI is InChI=1S/C19H17Cl2N3O2/c1-11(23-24-18(25)12-5-6-12)13-3-2-4-15(9-13)22-19(26)16-8-7-14(20)10-17(16)21/h2-4,7-10,12H,5-6H2,1H3,(H,22,26)(H,24,25)/b23-11-. The highest BCUT2D eigenvalue weighted by Gasteiger charge is 2.29. The third-order valence-electron chi connectivity index (χ3n) is 4.00. The van der Waals surface area contributed by atoms with Gasteiger partial charge in [0.1, 0.15) is 0 Å². The predicted octanol–water partition coefficient (Wildman–Crippen LogP) is 4.50. The fourth-order valence-electron chi connectivity index (χ4n) is 2.33. The van der Waals surface area contributed by atoms with Gasteiger partial charge in [0.05, 0.1) is 16.3 Å². The number of nitrogens with one attached hydrogen (secondary N) is 2. The lowest BCUT2D eigenvalue weighted by Gasteiger charge is -2.09. The van der Waals surface area contributed by atoms with Crippen LogP contribution in [-0.2, 0) is 4.79 Å². The zero-order chi connectivity index (χ0) is 18.7. The van der Waals surface area contributed by atoms with Crippen LogP contribution < -0.4 is 10.7 Å². The van der Waals surface area contributed by atoms with E-state index < -0.39 is 0 Å². The molecule has 5 nitrogen and oxygen atoms in total. The van der Waals surface area contributed by atoms with Gasteiger partial charge in [0.25, 0.3) is 5.91 Å². The maximum Gasteiger partial charge on any atom is 0.257 e. The SMILES string of the molecule is C/C(=N/NC(=O)C1CC1)c1cccc(NC(=O)c2ccc(Cl)cc2Cl)c1. The van der Waals surface area contributed by atoms with Crippen molar-refractivity contribution in [2.24, 2.45) is 11.0 Å². The van der Waals surface area contributed by atoms with Crippen molar-refractivity contribution in [3.05, 3.63) is 63.6 Å². The number of carbonyl (C=O) groups is 2. The summed E-state index contributed by atoms with van der Waals surface area (Å²) in [6, 6.07) is 11.9. The van der Waals surface area contributed by atoms with Crippen LogP contribution >= 0.6 is 23.2 Å². The van der Waals surface area contributed by atoms with Crippen LogP contribution in [0.15, 0.2) is 47.6 Å². The summed E-state index contributed by atoms with van der Waals surface area (Å²) in [4.78, 5) is 24.1. The van der Waals surface area contributed by atoms with E-state index in [4.69, 9.17) is 23.2 Å². The molecule has 1 fully saturated rings. The first-order valence-electron chi connectivity index (χ1n) is 8.15. The molecule has 0 radical (unpaired) electrons. The molecule has 0 bridgehead atoms. The second-order valence-electron chi connectivity index (χ2n) is 6.11. The van der Waals surface area contributed by atoms with E-state index in [1.165, 1.54) is 6.07 Å². The molecule has 26 heavy (non-hydrogen) atoms. The zero-order valence-corrected chi connectivity index (χ0v) is 15.6. The van der Waals surface area contributed by atoms with Crippen LogP contribution in [0.2, 0.25) is 10.0 Å². The molecule has 7 heteroatoms. The highest BCUT2D eigenvalue weighted by Crippen LogP contribution is 2.28. The quantitative estimate of drug-likeness (QED) is 0.583. The molecule has 1 aliphatic rings. The molecule has 0 aromatic heterocycles. The Morgan fingerprint density at radius 2 is 1.88 bits per heavy atom. The van der Waals surface area contributed by atoms with Gasteiger partial charge >= 0.3 is 0 Å². The summed E-state index contributed by atoms with van der Waals surface area (Å²) in [5.74, 6) is -0.284. The summed E-state index contributed by atoms with van der Waals surface area (Å²) in [5, 5.41) is 7.67. The minimum atomic E-state index is -0.333. The van der Waals surface area contributed by atoms with Crippen LogP contribution in [0, 0.1) is 5.92 Å². The van der Waals surface area contributed by atoms with Gasteiger partial charge in [-0.3, -0.25) is 9.59 Å². The van der Waals surface area contributed by atoms with Gasteiger partial charge in [-0.05, 0) is 55.7 Å². The molecule has 0 saturated heterocycles. The summed E-state index contributed by atoms with van der Waals surface area (Å²) >= 11 is 11.9. The van der Waals surface area contributed by atoms with Crippen LogP contribution in [0.25, 0.3) is 0 Å². The molecule has 1 saturated carbocycles. The summed E-state index contributed by atoms with van der Waals surface area (Å²) in [5.41, 5.74) is 4.95. The monoisotopic (exact) mass is 389 g/mol. The zero-order valence-electron chi connectivity index (χ0n) is 14.1. The first-order chi connectivity index (χ1) is 12.4. The van der Waals surface area contributed by atoms with Crippen molar-refractivity contribution >= 4 is 46.4 Å². The van der Waals surface area contributed by atoms with Crippen LogP contribution in [0.1, 0.15) is 35.7 Å². The number of anilines is 1. The van der Waals surface area contributed by atoms with Crippen molar-refractivity contribution < 1.29 is 9.59 Å². The number of nitrogens with zero attached hydrogens (tertiary/aromatic N) is 1. The Hall–Kier alpha value is -2.37. The fourth-order valence-corrected chi connectivity index (χ4v) is 2.83. The molecule has 2 amide bonds. The Labute approximate surface area is 161 Å². The summed E-state index contributed by atoms with van der Waals surface area (Å²) < 4.78 is 0. The molecule has 2 aromatic carbocycles. The van der Waals surface area contributed by atoms with Gasteiger partial charge in [-0.15, -0.1) is 0 Å². The largest absolute Gasteiger partial charge is 0.322 e. The van der Waals surface area contributed by atoms with E-state index in [0.29, 0.717) is 22.0 Å². The van der Waals surface area contributed by atoms with Gasteiger partial charge in [-0.25, -0.2) is 5.43 Å². The van der Waals surface area contributed by atoms with Gasteiger partial charge in [0, 0.05) is 16.6 Å². The average Bonchev–Trinajstić information content (AvgIpc) is 3.44. The molecule has 0 aliphatic heterocycles. The maximum atomic E-state index is 12.4. The van der Waals surface area contributed by atoms with Crippen molar-refractivity contribution in [3.8, 4) is 0 Å². The molecule has 2 aromatic rings. The minimum absolute atomic E-state index is 0.0498. The van der Waals surface area contributed by atoms with Gasteiger partial charge in [-0.1, -0.05) is 35.3 Å². The van der Waals surface area contributed by atoms with Gasteiger partial charge < -0.3 is 5.32 Å². The third-order valence-corrected chi connectivity index (χ3v) is 4.54. The van der Waals surface area contributed by atoms with E-state index in [-0.39, 0.29) is 22.8 Å². The van der Waals surface area contributed by atoms with E-state index in [0.717, 1.165) is 18.4 Å². The molecule has 0 atom stereocenters. The molecule has 1 aliphatic carbocycles. The Kier molecular flexibility index (Phi) is 5.59. The third kappa shape index (κ3) is 4.62. The van der Waals surface area contributed by atoms with Gasteiger partial charge in [-0.2, -0.15) is 5.10 Å². The summed E-state index contributed by atoms with van der Waals surface area (Å²) in [7, 11) is 0. The average molecular weight is 390 g/mol. The van der Waals surface area contributed by atoms with E-state index in [2.05, 4.69) is 15.8 Å². The first-order valence-corrected chi connectivity index (χ1v) is 8.90. The van der Waals surface area contributed by atoms with E-state index in [1.54, 1.807) is 37.3 Å². The fraction of sp³-hybridized carbons (Fsp3) is 0.211. The molecule has 0 spiro atoms. The second-order valence-corrected chi connectivity index (χ2v) is 6.95. The number of amides is 2. The lowest BCUT2D eigenvalue weighted by molar-refractivity contribution is -0.122. The normalized spacial score (nSPS) is 14.0. The number of hydrazone groups is 1. The Balaban J connectivity index is 1.71. The molecule has 134 valence electrons. The number of benzene rings is 2. The Morgan fingerprint density at radius 1 is 1.12 bits per heavy atom. The number of carbonyl (C=O) groups excluding carboxylic acids is 2. The lowest BCUT2D eigenvalue weighted by Crippen LogP contribution is -2.20. The van der Waals surface area contributed by atoms with E-state index in [1.807, 2.05) is 6.07 Å². The lowest BCUT2D eigenvalue weighted by atomic mass is 10.1. The smallest absolute Gasteiger partial charge is 0.257 e. The molecule has 2 N–H and O–H groups in total. The maximum absolute atomic E-state index is 12.4. The van der Waals surface area contributed by atoms with Crippen LogP contribution in [0.4, 0.5) is 5.69 Å². The van der Waals surface area contributed by atoms with Crippen molar-refractivity contribution in [2.75, 3.05) is 5.32 Å². The number of hydrogen-bond donors (Lipinski definition) is 2. The van der Waals surface area contributed by atoms with Crippen LogP contribution in [0.5, 0.6) is 0 Å². The van der Waals surface area contributed by atoms with Crippen molar-refractivity contribution in [1.29, 1.82) is 0 Å². The molecule has 0 unspecified atom stereocenters. The minimum Gasteiger partial charge on any atom is -0.322 e. The van der Waals surface area contributed by atoms with Crippen LogP contribution in [-0.4, -0.2) is 17.5 Å². The van der Waals surface area contributed by atoms with Gasteiger partial charge in [0.2, 0.25) is 5.91 Å². The van der Waals surface area contributed by atoms with Crippen molar-refractivity contribution in [3.63, 3.8) is 0 Å². The molecule has 3 rings (SSSR count). The number of hydrogen-bond acceptors (Lipinski definition) is 3.